The summed E-state index contributed by atoms with van der Waals surface area (Å²) in [6.07, 6.45) is 1.35. The number of nitrogens with one attached hydrogen (secondary N) is 1. The molecule has 2 N–H and O–H groups in total. The van der Waals surface area contributed by atoms with Crippen LogP contribution in [0.25, 0.3) is 0 Å². The van der Waals surface area contributed by atoms with Crippen molar-refractivity contribution in [3.05, 3.63) is 29.8 Å². The second-order valence-corrected chi connectivity index (χ2v) is 4.98. The van der Waals surface area contributed by atoms with E-state index in [4.69, 9.17) is 5.11 Å². The molecule has 0 aliphatic rings. The molecule has 0 heterocycles. The van der Waals surface area contributed by atoms with E-state index in [0.29, 0.717) is 12.8 Å². The quantitative estimate of drug-likeness (QED) is 0.840. The van der Waals surface area contributed by atoms with E-state index in [1.165, 1.54) is 0 Å². The highest BCUT2D eigenvalue weighted by atomic mass is 16.4. The van der Waals surface area contributed by atoms with E-state index in [-0.39, 0.29) is 18.5 Å². The molecule has 1 atom stereocenters. The molecule has 110 valence electrons. The van der Waals surface area contributed by atoms with Crippen molar-refractivity contribution >= 4 is 17.7 Å². The number of carboxylic acids is 1. The van der Waals surface area contributed by atoms with Crippen molar-refractivity contribution < 1.29 is 14.7 Å². The Balaban J connectivity index is 2.49. The van der Waals surface area contributed by atoms with Gasteiger partial charge in [-0.25, -0.2) is 4.79 Å². The van der Waals surface area contributed by atoms with E-state index in [0.717, 1.165) is 11.3 Å². The Hall–Kier alpha value is -2.04. The molecule has 0 aliphatic carbocycles. The largest absolute Gasteiger partial charge is 0.481 e. The van der Waals surface area contributed by atoms with Crippen LogP contribution >= 0.6 is 0 Å². The zero-order valence-corrected chi connectivity index (χ0v) is 12.2. The molecule has 5 nitrogen and oxygen atoms in total. The van der Waals surface area contributed by atoms with Crippen LogP contribution in [0.5, 0.6) is 0 Å². The van der Waals surface area contributed by atoms with Crippen molar-refractivity contribution in [1.82, 2.24) is 5.32 Å². The summed E-state index contributed by atoms with van der Waals surface area (Å²) in [7, 11) is 1.72. The van der Waals surface area contributed by atoms with Crippen LogP contribution in [0.15, 0.2) is 24.3 Å². The number of rotatable bonds is 6. The van der Waals surface area contributed by atoms with Gasteiger partial charge in [0, 0.05) is 25.2 Å². The lowest BCUT2D eigenvalue weighted by Gasteiger charge is -2.22. The normalized spacial score (nSPS) is 11.8. The molecule has 1 rings (SSSR count). The highest BCUT2D eigenvalue weighted by Gasteiger charge is 2.14. The van der Waals surface area contributed by atoms with Gasteiger partial charge in [0.25, 0.3) is 0 Å². The molecule has 0 saturated carbocycles. The second-order valence-electron chi connectivity index (χ2n) is 4.98. The molecule has 0 radical (unpaired) electrons. The minimum atomic E-state index is -0.805. The number of hydrogen-bond acceptors (Lipinski definition) is 2. The third kappa shape index (κ3) is 4.91. The van der Waals surface area contributed by atoms with Gasteiger partial charge in [0.15, 0.2) is 0 Å². The zero-order chi connectivity index (χ0) is 15.1. The highest BCUT2D eigenvalue weighted by Crippen LogP contribution is 2.17. The first kappa shape index (κ1) is 16.0. The lowest BCUT2D eigenvalue weighted by atomic mass is 10.1. The highest BCUT2D eigenvalue weighted by molar-refractivity contribution is 5.92. The molecule has 1 aromatic carbocycles. The molecule has 0 aromatic heterocycles. The Labute approximate surface area is 119 Å². The van der Waals surface area contributed by atoms with Gasteiger partial charge >= 0.3 is 12.0 Å². The third-order valence-corrected chi connectivity index (χ3v) is 3.18. The van der Waals surface area contributed by atoms with Gasteiger partial charge in [0.1, 0.15) is 0 Å². The standard InChI is InChI=1S/C15H22N2O3/c1-11-7-4-5-9-13(11)17(3)15(20)16-12(2)8-6-10-14(18)19/h4-5,7,9,12H,6,8,10H2,1-3H3,(H,16,20)(H,18,19). The summed E-state index contributed by atoms with van der Waals surface area (Å²) >= 11 is 0. The molecule has 1 aromatic rings. The van der Waals surface area contributed by atoms with E-state index < -0.39 is 5.97 Å². The zero-order valence-electron chi connectivity index (χ0n) is 12.2. The van der Waals surface area contributed by atoms with E-state index in [9.17, 15) is 9.59 Å². The van der Waals surface area contributed by atoms with Crippen LogP contribution in [0.2, 0.25) is 0 Å². The lowest BCUT2D eigenvalue weighted by Crippen LogP contribution is -2.42. The number of aliphatic carboxylic acids is 1. The van der Waals surface area contributed by atoms with Gasteiger partial charge in [-0.05, 0) is 38.3 Å². The van der Waals surface area contributed by atoms with Gasteiger partial charge in [-0.1, -0.05) is 18.2 Å². The second kappa shape index (κ2) is 7.53. The number of anilines is 1. The van der Waals surface area contributed by atoms with E-state index in [2.05, 4.69) is 5.32 Å². The van der Waals surface area contributed by atoms with Crippen LogP contribution < -0.4 is 10.2 Å². The summed E-state index contributed by atoms with van der Waals surface area (Å²) in [5.74, 6) is -0.805. The number of amides is 2. The maximum Gasteiger partial charge on any atom is 0.321 e. The maximum atomic E-state index is 12.1. The van der Waals surface area contributed by atoms with Gasteiger partial charge in [0.2, 0.25) is 0 Å². The first-order valence-corrected chi connectivity index (χ1v) is 6.73. The lowest BCUT2D eigenvalue weighted by molar-refractivity contribution is -0.137. The number of para-hydroxylation sites is 1. The first-order chi connectivity index (χ1) is 9.41. The number of nitrogens with zero attached hydrogens (tertiary/aromatic N) is 1. The Morgan fingerprint density at radius 1 is 1.35 bits per heavy atom. The number of hydrogen-bond donors (Lipinski definition) is 2. The fraction of sp³-hybridized carbons (Fsp3) is 0.467. The molecule has 0 bridgehead atoms. The van der Waals surface area contributed by atoms with Gasteiger partial charge in [-0.3, -0.25) is 9.69 Å². The Bertz CT molecular complexity index is 474. The Morgan fingerprint density at radius 3 is 2.60 bits per heavy atom. The smallest absolute Gasteiger partial charge is 0.321 e. The SMILES string of the molecule is Cc1ccccc1N(C)C(=O)NC(C)CCCC(=O)O. The summed E-state index contributed by atoms with van der Waals surface area (Å²) in [6, 6.07) is 7.44. The molecule has 1 unspecified atom stereocenters. The molecule has 5 heteroatoms. The predicted molar refractivity (Wildman–Crippen MR) is 79.1 cm³/mol. The minimum Gasteiger partial charge on any atom is -0.481 e. The van der Waals surface area contributed by atoms with Crippen molar-refractivity contribution in [2.24, 2.45) is 0 Å². The van der Waals surface area contributed by atoms with Crippen molar-refractivity contribution in [3.8, 4) is 0 Å². The fourth-order valence-electron chi connectivity index (χ4n) is 1.99. The molecule has 20 heavy (non-hydrogen) atoms. The van der Waals surface area contributed by atoms with E-state index >= 15 is 0 Å². The third-order valence-electron chi connectivity index (χ3n) is 3.18. The van der Waals surface area contributed by atoms with E-state index in [1.54, 1.807) is 11.9 Å². The van der Waals surface area contributed by atoms with E-state index in [1.807, 2.05) is 38.1 Å². The van der Waals surface area contributed by atoms with Gasteiger partial charge in [-0.2, -0.15) is 0 Å². The predicted octanol–water partition coefficient (Wildman–Crippen LogP) is 2.78. The molecule has 0 saturated heterocycles. The average molecular weight is 278 g/mol. The molecular weight excluding hydrogens is 256 g/mol. The number of carbonyl (C=O) groups is 2. The van der Waals surface area contributed by atoms with Crippen LogP contribution in [0.3, 0.4) is 0 Å². The average Bonchev–Trinajstić information content (AvgIpc) is 2.38. The van der Waals surface area contributed by atoms with Crippen molar-refractivity contribution in [2.45, 2.75) is 39.2 Å². The maximum absolute atomic E-state index is 12.1. The topological polar surface area (TPSA) is 69.6 Å². The molecule has 0 aliphatic heterocycles. The summed E-state index contributed by atoms with van der Waals surface area (Å²) in [5.41, 5.74) is 1.89. The summed E-state index contributed by atoms with van der Waals surface area (Å²) < 4.78 is 0. The number of benzene rings is 1. The monoisotopic (exact) mass is 278 g/mol. The Morgan fingerprint density at radius 2 is 2.00 bits per heavy atom. The minimum absolute atomic E-state index is 0.0479. The summed E-state index contributed by atoms with van der Waals surface area (Å²) in [5, 5.41) is 11.5. The van der Waals surface area contributed by atoms with Gasteiger partial charge in [0.05, 0.1) is 0 Å². The Kier molecular flexibility index (Phi) is 6.03. The number of urea groups is 1. The van der Waals surface area contributed by atoms with Gasteiger partial charge < -0.3 is 10.4 Å². The van der Waals surface area contributed by atoms with Crippen LogP contribution in [0, 0.1) is 6.92 Å². The van der Waals surface area contributed by atoms with Crippen LogP contribution in [-0.2, 0) is 4.79 Å². The first-order valence-electron chi connectivity index (χ1n) is 6.73. The number of carbonyl (C=O) groups excluding carboxylic acids is 1. The van der Waals surface area contributed by atoms with Crippen molar-refractivity contribution in [2.75, 3.05) is 11.9 Å². The fourth-order valence-corrected chi connectivity index (χ4v) is 1.99. The molecular formula is C15H22N2O3. The van der Waals surface area contributed by atoms with Crippen LogP contribution in [-0.4, -0.2) is 30.2 Å². The van der Waals surface area contributed by atoms with Crippen molar-refractivity contribution in [1.29, 1.82) is 0 Å². The number of aryl methyl sites for hydroxylation is 1. The van der Waals surface area contributed by atoms with Crippen LogP contribution in [0.4, 0.5) is 10.5 Å². The van der Waals surface area contributed by atoms with Gasteiger partial charge in [-0.15, -0.1) is 0 Å². The molecule has 0 fully saturated rings. The van der Waals surface area contributed by atoms with Crippen LogP contribution in [0.1, 0.15) is 31.7 Å². The number of carboxylic acid groups (broad SMARTS) is 1. The van der Waals surface area contributed by atoms with Crippen molar-refractivity contribution in [3.63, 3.8) is 0 Å². The summed E-state index contributed by atoms with van der Waals surface area (Å²) in [4.78, 5) is 24.1. The molecule has 0 spiro atoms. The summed E-state index contributed by atoms with van der Waals surface area (Å²) in [6.45, 7) is 3.83. The molecule has 2 amide bonds.